The van der Waals surface area contributed by atoms with Crippen molar-refractivity contribution in [1.29, 1.82) is 0 Å². The minimum absolute atomic E-state index is 0.0501. The van der Waals surface area contributed by atoms with Crippen molar-refractivity contribution < 1.29 is 14.0 Å². The van der Waals surface area contributed by atoms with Gasteiger partial charge in [-0.1, -0.05) is 62.4 Å². The van der Waals surface area contributed by atoms with Crippen LogP contribution in [0.4, 0.5) is 0 Å². The number of furan rings is 1. The van der Waals surface area contributed by atoms with Crippen LogP contribution in [0.5, 0.6) is 0 Å². The molecule has 36 heavy (non-hydrogen) atoms. The molecule has 1 aliphatic heterocycles. The number of hydrogen-bond acceptors (Lipinski definition) is 3. The summed E-state index contributed by atoms with van der Waals surface area (Å²) in [6.07, 6.45) is 11.4. The maximum atomic E-state index is 14.0. The van der Waals surface area contributed by atoms with Gasteiger partial charge < -0.3 is 19.2 Å². The summed E-state index contributed by atoms with van der Waals surface area (Å²) in [5.74, 6) is 0.558. The van der Waals surface area contributed by atoms with Crippen molar-refractivity contribution in [3.63, 3.8) is 0 Å². The van der Waals surface area contributed by atoms with Crippen LogP contribution in [-0.4, -0.2) is 39.4 Å². The number of rotatable bonds is 7. The van der Waals surface area contributed by atoms with Gasteiger partial charge in [0.1, 0.15) is 17.0 Å². The molecule has 1 atom stereocenters. The highest BCUT2D eigenvalue weighted by Gasteiger charge is 2.48. The standard InChI is InChI=1S/C30H37N3O3/c1-30(29(35)31-24-15-8-3-2-4-9-16-24)22-32-25(27-17-11-21-36-27)18-19-26(32)28(34)33(30)20-10-14-23-12-6-5-7-13-23/h5-7,11-13,17-19,21,24H,2-4,8-10,14-16,20,22H2,1H3,(H,31,35)/t30-/m1/s1. The van der Waals surface area contributed by atoms with Crippen molar-refractivity contribution in [1.82, 2.24) is 14.8 Å². The summed E-state index contributed by atoms with van der Waals surface area (Å²) in [5, 5.41) is 3.36. The molecule has 1 N–H and O–H groups in total. The molecule has 3 heterocycles. The quantitative estimate of drug-likeness (QED) is 0.456. The number of amides is 2. The number of carbonyl (C=O) groups excluding carboxylic acids is 2. The summed E-state index contributed by atoms with van der Waals surface area (Å²) in [7, 11) is 0. The summed E-state index contributed by atoms with van der Waals surface area (Å²) < 4.78 is 7.61. The Hall–Kier alpha value is -3.28. The van der Waals surface area contributed by atoms with Gasteiger partial charge in [-0.05, 0) is 62.4 Å². The largest absolute Gasteiger partial charge is 0.463 e. The predicted molar refractivity (Wildman–Crippen MR) is 141 cm³/mol. The normalized spacial score (nSPS) is 21.0. The molecule has 3 aromatic rings. The Morgan fingerprint density at radius 1 is 0.972 bits per heavy atom. The number of carbonyl (C=O) groups is 2. The second-order valence-corrected chi connectivity index (χ2v) is 10.5. The van der Waals surface area contributed by atoms with Crippen molar-refractivity contribution in [3.8, 4) is 11.5 Å². The Morgan fingerprint density at radius 3 is 2.42 bits per heavy atom. The number of nitrogens with zero attached hydrogens (tertiary/aromatic N) is 2. The average molecular weight is 488 g/mol. The van der Waals surface area contributed by atoms with Gasteiger partial charge in [-0.15, -0.1) is 0 Å². The third-order valence-corrected chi connectivity index (χ3v) is 7.90. The van der Waals surface area contributed by atoms with E-state index in [1.807, 2.05) is 58.9 Å². The first-order valence-corrected chi connectivity index (χ1v) is 13.5. The van der Waals surface area contributed by atoms with Crippen molar-refractivity contribution >= 4 is 11.8 Å². The molecular formula is C30H37N3O3. The van der Waals surface area contributed by atoms with E-state index in [0.717, 1.165) is 44.2 Å². The number of aryl methyl sites for hydroxylation is 1. The number of fused-ring (bicyclic) bond motifs is 1. The van der Waals surface area contributed by atoms with E-state index in [9.17, 15) is 9.59 Å². The molecule has 2 aromatic heterocycles. The van der Waals surface area contributed by atoms with Crippen molar-refractivity contribution in [3.05, 3.63) is 72.1 Å². The lowest BCUT2D eigenvalue weighted by atomic mass is 9.91. The molecule has 6 nitrogen and oxygen atoms in total. The minimum atomic E-state index is -0.983. The van der Waals surface area contributed by atoms with Crippen LogP contribution < -0.4 is 5.32 Å². The lowest BCUT2D eigenvalue weighted by molar-refractivity contribution is -0.133. The van der Waals surface area contributed by atoms with E-state index in [1.54, 1.807) is 6.26 Å². The van der Waals surface area contributed by atoms with Crippen LogP contribution in [0.25, 0.3) is 11.5 Å². The molecule has 1 saturated carbocycles. The second kappa shape index (κ2) is 10.8. The molecule has 1 fully saturated rings. The van der Waals surface area contributed by atoms with Gasteiger partial charge in [-0.25, -0.2) is 0 Å². The first-order valence-electron chi connectivity index (χ1n) is 13.5. The van der Waals surface area contributed by atoms with Crippen LogP contribution in [0.3, 0.4) is 0 Å². The zero-order valence-corrected chi connectivity index (χ0v) is 21.2. The van der Waals surface area contributed by atoms with Crippen LogP contribution >= 0.6 is 0 Å². The van der Waals surface area contributed by atoms with Crippen molar-refractivity contribution in [2.75, 3.05) is 6.54 Å². The van der Waals surface area contributed by atoms with Gasteiger partial charge in [0.25, 0.3) is 5.91 Å². The SMILES string of the molecule is C[C@]1(C(=O)NC2CCCCCCC2)Cn2c(ccc2-c2ccco2)C(=O)N1CCCc1ccccc1. The second-order valence-electron chi connectivity index (χ2n) is 10.5. The highest BCUT2D eigenvalue weighted by molar-refractivity contribution is 6.00. The number of hydrogen-bond donors (Lipinski definition) is 1. The van der Waals surface area contributed by atoms with Gasteiger partial charge in [0, 0.05) is 12.6 Å². The number of benzene rings is 1. The van der Waals surface area contributed by atoms with Crippen LogP contribution in [-0.2, 0) is 17.8 Å². The third-order valence-electron chi connectivity index (χ3n) is 7.90. The summed E-state index contributed by atoms with van der Waals surface area (Å²) in [6.45, 7) is 2.87. The molecule has 6 heteroatoms. The molecule has 0 bridgehead atoms. The van der Waals surface area contributed by atoms with Crippen LogP contribution in [0.1, 0.15) is 74.3 Å². The van der Waals surface area contributed by atoms with Crippen molar-refractivity contribution in [2.24, 2.45) is 0 Å². The van der Waals surface area contributed by atoms with Gasteiger partial charge in [-0.3, -0.25) is 9.59 Å². The lowest BCUT2D eigenvalue weighted by Gasteiger charge is -2.45. The van der Waals surface area contributed by atoms with E-state index in [4.69, 9.17) is 4.42 Å². The maximum Gasteiger partial charge on any atom is 0.271 e. The van der Waals surface area contributed by atoms with E-state index < -0.39 is 5.54 Å². The van der Waals surface area contributed by atoms with Gasteiger partial charge in [-0.2, -0.15) is 0 Å². The molecular weight excluding hydrogens is 450 g/mol. The number of aromatic nitrogens is 1. The molecule has 1 aliphatic carbocycles. The molecule has 0 unspecified atom stereocenters. The monoisotopic (exact) mass is 487 g/mol. The van der Waals surface area contributed by atoms with E-state index in [1.165, 1.54) is 24.8 Å². The fourth-order valence-corrected chi connectivity index (χ4v) is 5.79. The number of nitrogens with one attached hydrogen (secondary N) is 1. The molecule has 0 spiro atoms. The topological polar surface area (TPSA) is 67.5 Å². The Bertz CT molecular complexity index is 1160. The Kier molecular flexibility index (Phi) is 7.30. The highest BCUT2D eigenvalue weighted by Crippen LogP contribution is 2.34. The lowest BCUT2D eigenvalue weighted by Crippen LogP contribution is -2.65. The zero-order valence-electron chi connectivity index (χ0n) is 21.2. The van der Waals surface area contributed by atoms with Gasteiger partial charge in [0.2, 0.25) is 5.91 Å². The molecule has 1 aromatic carbocycles. The molecule has 2 amide bonds. The third kappa shape index (κ3) is 4.99. The highest BCUT2D eigenvalue weighted by atomic mass is 16.3. The van der Waals surface area contributed by atoms with E-state index in [-0.39, 0.29) is 17.9 Å². The fourth-order valence-electron chi connectivity index (χ4n) is 5.79. The molecule has 190 valence electrons. The molecule has 0 saturated heterocycles. The molecule has 2 aliphatic rings. The first-order chi connectivity index (χ1) is 17.6. The minimum Gasteiger partial charge on any atom is -0.463 e. The van der Waals surface area contributed by atoms with Crippen LogP contribution in [0, 0.1) is 0 Å². The Morgan fingerprint density at radius 2 is 1.69 bits per heavy atom. The summed E-state index contributed by atoms with van der Waals surface area (Å²) in [4.78, 5) is 29.6. The van der Waals surface area contributed by atoms with E-state index >= 15 is 0 Å². The molecule has 0 radical (unpaired) electrons. The van der Waals surface area contributed by atoms with Crippen LogP contribution in [0.2, 0.25) is 0 Å². The zero-order chi connectivity index (χ0) is 25.0. The van der Waals surface area contributed by atoms with Crippen LogP contribution in [0.15, 0.2) is 65.3 Å². The van der Waals surface area contributed by atoms with E-state index in [0.29, 0.717) is 24.5 Å². The predicted octanol–water partition coefficient (Wildman–Crippen LogP) is 5.82. The average Bonchev–Trinajstić information content (AvgIpc) is 3.53. The van der Waals surface area contributed by atoms with Gasteiger partial charge >= 0.3 is 0 Å². The molecule has 5 rings (SSSR count). The Balaban J connectivity index is 1.41. The van der Waals surface area contributed by atoms with Gasteiger partial charge in [0.05, 0.1) is 18.5 Å². The maximum absolute atomic E-state index is 14.0. The van der Waals surface area contributed by atoms with E-state index in [2.05, 4.69) is 17.4 Å². The Labute approximate surface area is 213 Å². The summed E-state index contributed by atoms with van der Waals surface area (Å²) in [5.41, 5.74) is 1.70. The van der Waals surface area contributed by atoms with Gasteiger partial charge in [0.15, 0.2) is 0 Å². The fraction of sp³-hybridized carbons (Fsp3) is 0.467. The summed E-state index contributed by atoms with van der Waals surface area (Å²) >= 11 is 0. The first kappa shape index (κ1) is 24.4. The summed E-state index contributed by atoms with van der Waals surface area (Å²) in [6, 6.07) is 18.0. The smallest absolute Gasteiger partial charge is 0.271 e. The van der Waals surface area contributed by atoms with Crippen molar-refractivity contribution in [2.45, 2.75) is 82.8 Å².